The van der Waals surface area contributed by atoms with Crippen molar-refractivity contribution in [2.24, 2.45) is 5.92 Å². The molecule has 3 nitrogen and oxygen atoms in total. The number of carboxylic acid groups (broad SMARTS) is 1. The summed E-state index contributed by atoms with van der Waals surface area (Å²) in [4.78, 5) is 9.76. The number of aliphatic carboxylic acids is 1. The average Bonchev–Trinajstić information content (AvgIpc) is 3.26. The topological polar surface area (TPSA) is 49.3 Å². The van der Waals surface area contributed by atoms with E-state index in [0.717, 1.165) is 24.9 Å². The van der Waals surface area contributed by atoms with Gasteiger partial charge in [0.05, 0.1) is 5.92 Å². The maximum atomic E-state index is 9.76. The molecule has 0 spiro atoms. The van der Waals surface area contributed by atoms with Crippen molar-refractivity contribution in [3.05, 3.63) is 0 Å². The van der Waals surface area contributed by atoms with Gasteiger partial charge < -0.3 is 10.4 Å². The Hall–Kier alpha value is -0.570. The molecule has 110 valence electrons. The molecule has 0 radical (unpaired) electrons. The van der Waals surface area contributed by atoms with Gasteiger partial charge in [0.15, 0.2) is 0 Å². The molecule has 0 aliphatic heterocycles. The van der Waals surface area contributed by atoms with Crippen molar-refractivity contribution >= 4 is 5.97 Å². The van der Waals surface area contributed by atoms with Crippen LogP contribution in [0.5, 0.6) is 0 Å². The summed E-state index contributed by atoms with van der Waals surface area (Å²) in [5.41, 5.74) is 0. The molecular formula is C16H29NO2. The Morgan fingerprint density at radius 3 is 1.42 bits per heavy atom. The molecule has 3 aliphatic carbocycles. The molecule has 0 amide bonds. The molecule has 0 aromatic carbocycles. The van der Waals surface area contributed by atoms with E-state index in [2.05, 4.69) is 5.32 Å². The summed E-state index contributed by atoms with van der Waals surface area (Å²) in [5.74, 6) is -0.611. The van der Waals surface area contributed by atoms with E-state index in [1.54, 1.807) is 0 Å². The van der Waals surface area contributed by atoms with Crippen LogP contribution in [0.25, 0.3) is 0 Å². The Labute approximate surface area is 117 Å². The SMILES string of the molecule is C1CCC(NC2CCCCC2)CC1.O=C(O)C1CC1. The van der Waals surface area contributed by atoms with E-state index < -0.39 is 5.97 Å². The first-order valence-corrected chi connectivity index (χ1v) is 8.24. The van der Waals surface area contributed by atoms with Crippen molar-refractivity contribution in [2.45, 2.75) is 89.1 Å². The zero-order valence-corrected chi connectivity index (χ0v) is 12.1. The van der Waals surface area contributed by atoms with Crippen LogP contribution in [-0.4, -0.2) is 23.2 Å². The highest BCUT2D eigenvalue weighted by atomic mass is 16.4. The van der Waals surface area contributed by atoms with Crippen molar-refractivity contribution in [2.75, 3.05) is 0 Å². The molecule has 3 rings (SSSR count). The van der Waals surface area contributed by atoms with Crippen LogP contribution in [0.3, 0.4) is 0 Å². The summed E-state index contributed by atoms with van der Waals surface area (Å²) in [5, 5.41) is 11.9. The lowest BCUT2D eigenvalue weighted by Gasteiger charge is -2.30. The monoisotopic (exact) mass is 267 g/mol. The number of carboxylic acids is 1. The Morgan fingerprint density at radius 2 is 1.16 bits per heavy atom. The second-order valence-corrected chi connectivity index (χ2v) is 6.45. The molecule has 0 heterocycles. The molecule has 0 unspecified atom stereocenters. The zero-order valence-electron chi connectivity index (χ0n) is 12.1. The van der Waals surface area contributed by atoms with Gasteiger partial charge in [0.1, 0.15) is 0 Å². The van der Waals surface area contributed by atoms with Crippen molar-refractivity contribution < 1.29 is 9.90 Å². The van der Waals surface area contributed by atoms with Gasteiger partial charge in [-0.15, -0.1) is 0 Å². The minimum Gasteiger partial charge on any atom is -0.481 e. The van der Waals surface area contributed by atoms with Crippen LogP contribution in [0, 0.1) is 5.92 Å². The summed E-state index contributed by atoms with van der Waals surface area (Å²) >= 11 is 0. The van der Waals surface area contributed by atoms with E-state index in [-0.39, 0.29) is 5.92 Å². The van der Waals surface area contributed by atoms with Crippen LogP contribution in [0.2, 0.25) is 0 Å². The number of carbonyl (C=O) groups is 1. The number of rotatable bonds is 3. The Balaban J connectivity index is 0.000000186. The van der Waals surface area contributed by atoms with Gasteiger partial charge in [-0.3, -0.25) is 4.79 Å². The van der Waals surface area contributed by atoms with E-state index in [1.807, 2.05) is 0 Å². The third-order valence-electron chi connectivity index (χ3n) is 4.61. The molecule has 3 aliphatic rings. The maximum Gasteiger partial charge on any atom is 0.306 e. The normalized spacial score (nSPS) is 25.5. The van der Waals surface area contributed by atoms with Gasteiger partial charge in [-0.2, -0.15) is 0 Å². The first kappa shape index (κ1) is 14.8. The van der Waals surface area contributed by atoms with Crippen LogP contribution in [0.1, 0.15) is 77.0 Å². The molecule has 0 saturated heterocycles. The third kappa shape index (κ3) is 5.94. The van der Waals surface area contributed by atoms with Gasteiger partial charge in [-0.05, 0) is 38.5 Å². The molecule has 0 atom stereocenters. The molecule has 3 saturated carbocycles. The summed E-state index contributed by atoms with van der Waals surface area (Å²) in [7, 11) is 0. The first-order valence-electron chi connectivity index (χ1n) is 8.24. The molecular weight excluding hydrogens is 238 g/mol. The molecule has 19 heavy (non-hydrogen) atoms. The van der Waals surface area contributed by atoms with Crippen LogP contribution in [0.15, 0.2) is 0 Å². The summed E-state index contributed by atoms with van der Waals surface area (Å²) in [6.07, 6.45) is 16.4. The third-order valence-corrected chi connectivity index (χ3v) is 4.61. The lowest BCUT2D eigenvalue weighted by Crippen LogP contribution is -2.40. The van der Waals surface area contributed by atoms with E-state index in [9.17, 15) is 4.79 Å². The minimum absolute atomic E-state index is 0.0185. The lowest BCUT2D eigenvalue weighted by atomic mass is 9.91. The molecule has 0 aromatic heterocycles. The highest BCUT2D eigenvalue weighted by Gasteiger charge is 2.28. The zero-order chi connectivity index (χ0) is 13.5. The Kier molecular flexibility index (Phi) is 6.15. The molecule has 0 bridgehead atoms. The van der Waals surface area contributed by atoms with Gasteiger partial charge in [0.25, 0.3) is 0 Å². The number of hydrogen-bond donors (Lipinski definition) is 2. The fraction of sp³-hybridized carbons (Fsp3) is 0.938. The second kappa shape index (κ2) is 7.88. The number of hydrogen-bond acceptors (Lipinski definition) is 2. The van der Waals surface area contributed by atoms with Crippen LogP contribution >= 0.6 is 0 Å². The standard InChI is InChI=1S/C12H23N.C4H6O2/c1-3-7-11(8-4-1)13-12-9-5-2-6-10-12;5-4(6)3-1-2-3/h11-13H,1-10H2;3H,1-2H2,(H,5,6). The van der Waals surface area contributed by atoms with Crippen LogP contribution in [-0.2, 0) is 4.79 Å². The molecule has 0 aromatic rings. The molecule has 3 fully saturated rings. The summed E-state index contributed by atoms with van der Waals surface area (Å²) in [6.45, 7) is 0. The Morgan fingerprint density at radius 1 is 0.737 bits per heavy atom. The van der Waals surface area contributed by atoms with Gasteiger partial charge >= 0.3 is 5.97 Å². The minimum atomic E-state index is -0.630. The fourth-order valence-corrected chi connectivity index (χ4v) is 3.20. The smallest absolute Gasteiger partial charge is 0.306 e. The molecule has 2 N–H and O–H groups in total. The van der Waals surface area contributed by atoms with Gasteiger partial charge in [0, 0.05) is 12.1 Å². The van der Waals surface area contributed by atoms with E-state index in [1.165, 1.54) is 64.2 Å². The predicted molar refractivity (Wildman–Crippen MR) is 77.2 cm³/mol. The van der Waals surface area contributed by atoms with E-state index in [0.29, 0.717) is 0 Å². The van der Waals surface area contributed by atoms with Gasteiger partial charge in [-0.25, -0.2) is 0 Å². The largest absolute Gasteiger partial charge is 0.481 e. The van der Waals surface area contributed by atoms with Crippen LogP contribution in [0.4, 0.5) is 0 Å². The van der Waals surface area contributed by atoms with Crippen LogP contribution < -0.4 is 5.32 Å². The highest BCUT2D eigenvalue weighted by molar-refractivity contribution is 5.72. The fourth-order valence-electron chi connectivity index (χ4n) is 3.20. The predicted octanol–water partition coefficient (Wildman–Crippen LogP) is 3.72. The van der Waals surface area contributed by atoms with Gasteiger partial charge in [0.2, 0.25) is 0 Å². The van der Waals surface area contributed by atoms with E-state index in [4.69, 9.17) is 5.11 Å². The lowest BCUT2D eigenvalue weighted by molar-refractivity contribution is -0.138. The Bertz CT molecular complexity index is 248. The molecule has 3 heteroatoms. The van der Waals surface area contributed by atoms with Crippen molar-refractivity contribution in [1.29, 1.82) is 0 Å². The quantitative estimate of drug-likeness (QED) is 0.819. The average molecular weight is 267 g/mol. The second-order valence-electron chi connectivity index (χ2n) is 6.45. The van der Waals surface area contributed by atoms with Crippen molar-refractivity contribution in [3.63, 3.8) is 0 Å². The maximum absolute atomic E-state index is 9.76. The van der Waals surface area contributed by atoms with E-state index >= 15 is 0 Å². The summed E-state index contributed by atoms with van der Waals surface area (Å²) < 4.78 is 0. The first-order chi connectivity index (χ1) is 9.25. The summed E-state index contributed by atoms with van der Waals surface area (Å²) in [6, 6.07) is 1.74. The van der Waals surface area contributed by atoms with Gasteiger partial charge in [-0.1, -0.05) is 38.5 Å². The van der Waals surface area contributed by atoms with Crippen molar-refractivity contribution in [1.82, 2.24) is 5.32 Å². The van der Waals surface area contributed by atoms with Crippen molar-refractivity contribution in [3.8, 4) is 0 Å². The number of nitrogens with one attached hydrogen (secondary N) is 1. The highest BCUT2D eigenvalue weighted by Crippen LogP contribution is 2.28.